The predicted molar refractivity (Wildman–Crippen MR) is 76.3 cm³/mol. The minimum atomic E-state index is -0.365. The molecule has 0 unspecified atom stereocenters. The molecule has 0 spiro atoms. The second-order valence-corrected chi connectivity index (χ2v) is 5.21. The zero-order valence-electron chi connectivity index (χ0n) is 11.6. The smallest absolute Gasteiger partial charge is 0.407 e. The number of aromatic nitrogens is 1. The van der Waals surface area contributed by atoms with Gasteiger partial charge in [0.25, 0.3) is 0 Å². The van der Waals surface area contributed by atoms with Gasteiger partial charge in [-0.3, -0.25) is 0 Å². The summed E-state index contributed by atoms with van der Waals surface area (Å²) in [4.78, 5) is 14.6. The lowest BCUT2D eigenvalue weighted by atomic mass is 9.84. The second kappa shape index (κ2) is 5.34. The quantitative estimate of drug-likeness (QED) is 0.887. The normalized spacial score (nSPS) is 11.5. The summed E-state index contributed by atoms with van der Waals surface area (Å²) in [6.45, 7) is 6.93. The number of benzene rings is 1. The summed E-state index contributed by atoms with van der Waals surface area (Å²) in [6.07, 6.45) is 1.65. The Hall–Kier alpha value is -1.97. The lowest BCUT2D eigenvalue weighted by Gasteiger charge is -2.24. The lowest BCUT2D eigenvalue weighted by molar-refractivity contribution is 0.150. The van der Waals surface area contributed by atoms with Crippen molar-refractivity contribution in [3.05, 3.63) is 36.0 Å². The van der Waals surface area contributed by atoms with E-state index in [2.05, 4.69) is 30.2 Å². The van der Waals surface area contributed by atoms with Crippen LogP contribution in [0.2, 0.25) is 0 Å². The Morgan fingerprint density at radius 2 is 2.11 bits per heavy atom. The van der Waals surface area contributed by atoms with Gasteiger partial charge in [-0.05, 0) is 18.6 Å². The molecule has 19 heavy (non-hydrogen) atoms. The highest BCUT2D eigenvalue weighted by molar-refractivity contribution is 5.84. The van der Waals surface area contributed by atoms with Gasteiger partial charge in [-0.1, -0.05) is 32.0 Å². The molecule has 1 heterocycles. The molecule has 0 bridgehead atoms. The molecule has 4 nitrogen and oxygen atoms in total. The highest BCUT2D eigenvalue weighted by Crippen LogP contribution is 2.29. The molecule has 0 saturated carbocycles. The molecule has 0 aliphatic carbocycles. The molecule has 0 radical (unpaired) electrons. The molecule has 0 fully saturated rings. The first kappa shape index (κ1) is 13.5. The Morgan fingerprint density at radius 1 is 1.37 bits per heavy atom. The summed E-state index contributed by atoms with van der Waals surface area (Å²) < 4.78 is 4.88. The van der Waals surface area contributed by atoms with Gasteiger partial charge in [0.1, 0.15) is 0 Å². The van der Waals surface area contributed by atoms with Crippen LogP contribution in [0.4, 0.5) is 4.79 Å². The Bertz CT molecular complexity index is 572. The van der Waals surface area contributed by atoms with Crippen LogP contribution in [0.5, 0.6) is 0 Å². The molecule has 0 atom stereocenters. The first-order valence-electron chi connectivity index (χ1n) is 6.52. The van der Waals surface area contributed by atoms with E-state index in [-0.39, 0.29) is 11.5 Å². The van der Waals surface area contributed by atoms with Crippen molar-refractivity contribution in [1.29, 1.82) is 0 Å². The molecular formula is C15H20N2O2. The fraction of sp³-hybridized carbons (Fsp3) is 0.400. The maximum atomic E-state index is 11.4. The van der Waals surface area contributed by atoms with Gasteiger partial charge in [0.2, 0.25) is 0 Å². The van der Waals surface area contributed by atoms with Gasteiger partial charge in [0.15, 0.2) is 0 Å². The summed E-state index contributed by atoms with van der Waals surface area (Å²) in [6, 6.07) is 8.17. The highest BCUT2D eigenvalue weighted by Gasteiger charge is 2.24. The number of para-hydroxylation sites is 1. The van der Waals surface area contributed by atoms with Crippen LogP contribution >= 0.6 is 0 Å². The van der Waals surface area contributed by atoms with Crippen molar-refractivity contribution < 1.29 is 9.53 Å². The van der Waals surface area contributed by atoms with Gasteiger partial charge in [0.05, 0.1) is 6.61 Å². The lowest BCUT2D eigenvalue weighted by Crippen LogP contribution is -2.36. The molecule has 102 valence electrons. The van der Waals surface area contributed by atoms with Crippen LogP contribution in [0, 0.1) is 0 Å². The van der Waals surface area contributed by atoms with Gasteiger partial charge in [-0.25, -0.2) is 4.79 Å². The summed E-state index contributed by atoms with van der Waals surface area (Å²) in [5, 5.41) is 3.99. The van der Waals surface area contributed by atoms with Gasteiger partial charge in [0, 0.05) is 29.1 Å². The first-order chi connectivity index (χ1) is 9.04. The number of aromatic amines is 1. The van der Waals surface area contributed by atoms with Crippen molar-refractivity contribution in [1.82, 2.24) is 10.3 Å². The molecule has 0 aliphatic rings. The van der Waals surface area contributed by atoms with Crippen molar-refractivity contribution in [2.45, 2.75) is 26.2 Å². The molecule has 4 heteroatoms. The Balaban J connectivity index is 2.17. The van der Waals surface area contributed by atoms with Gasteiger partial charge in [-0.15, -0.1) is 0 Å². The van der Waals surface area contributed by atoms with Crippen LogP contribution in [0.25, 0.3) is 10.9 Å². The van der Waals surface area contributed by atoms with E-state index < -0.39 is 0 Å². The molecular weight excluding hydrogens is 240 g/mol. The number of hydrogen-bond acceptors (Lipinski definition) is 2. The fourth-order valence-electron chi connectivity index (χ4n) is 2.20. The fourth-order valence-corrected chi connectivity index (χ4v) is 2.20. The Labute approximate surface area is 113 Å². The number of carbonyl (C=O) groups is 1. The van der Waals surface area contributed by atoms with E-state index in [1.54, 1.807) is 6.92 Å². The summed E-state index contributed by atoms with van der Waals surface area (Å²) in [5.41, 5.74) is 2.15. The second-order valence-electron chi connectivity index (χ2n) is 5.21. The zero-order valence-corrected chi connectivity index (χ0v) is 11.6. The van der Waals surface area contributed by atoms with Crippen molar-refractivity contribution in [2.75, 3.05) is 13.2 Å². The number of ether oxygens (including phenoxy) is 1. The Morgan fingerprint density at radius 3 is 2.84 bits per heavy atom. The van der Waals surface area contributed by atoms with Crippen LogP contribution in [0.3, 0.4) is 0 Å². The van der Waals surface area contributed by atoms with Crippen LogP contribution in [-0.2, 0) is 10.2 Å². The number of H-pyrrole nitrogens is 1. The molecule has 0 saturated heterocycles. The number of carbonyl (C=O) groups excluding carboxylic acids is 1. The third-order valence-electron chi connectivity index (χ3n) is 3.27. The van der Waals surface area contributed by atoms with E-state index in [4.69, 9.17) is 4.74 Å². The minimum Gasteiger partial charge on any atom is -0.450 e. The minimum absolute atomic E-state index is 0.160. The van der Waals surface area contributed by atoms with E-state index in [9.17, 15) is 4.79 Å². The maximum absolute atomic E-state index is 11.4. The molecule has 0 aliphatic heterocycles. The average Bonchev–Trinajstić information content (AvgIpc) is 2.81. The predicted octanol–water partition coefficient (Wildman–Crippen LogP) is 3.19. The molecule has 1 aromatic heterocycles. The summed E-state index contributed by atoms with van der Waals surface area (Å²) in [5.74, 6) is 0. The van der Waals surface area contributed by atoms with Crippen molar-refractivity contribution in [3.8, 4) is 0 Å². The van der Waals surface area contributed by atoms with E-state index in [0.29, 0.717) is 13.2 Å². The maximum Gasteiger partial charge on any atom is 0.407 e. The largest absolute Gasteiger partial charge is 0.450 e. The van der Waals surface area contributed by atoms with Gasteiger partial charge in [-0.2, -0.15) is 0 Å². The molecule has 2 rings (SSSR count). The van der Waals surface area contributed by atoms with Gasteiger partial charge >= 0.3 is 6.09 Å². The topological polar surface area (TPSA) is 54.1 Å². The number of alkyl carbamates (subject to hydrolysis) is 1. The number of rotatable bonds is 4. The van der Waals surface area contributed by atoms with Crippen LogP contribution in [0.1, 0.15) is 26.3 Å². The van der Waals surface area contributed by atoms with Crippen LogP contribution in [-0.4, -0.2) is 24.2 Å². The number of nitrogens with one attached hydrogen (secondary N) is 2. The van der Waals surface area contributed by atoms with Crippen molar-refractivity contribution >= 4 is 17.0 Å². The average molecular weight is 260 g/mol. The number of hydrogen-bond donors (Lipinski definition) is 2. The van der Waals surface area contributed by atoms with Crippen LogP contribution in [0.15, 0.2) is 30.5 Å². The van der Waals surface area contributed by atoms with E-state index in [0.717, 1.165) is 5.52 Å². The molecule has 2 aromatic rings. The van der Waals surface area contributed by atoms with E-state index in [1.807, 2.05) is 24.4 Å². The molecule has 1 aromatic carbocycles. The molecule has 2 N–H and O–H groups in total. The summed E-state index contributed by atoms with van der Waals surface area (Å²) in [7, 11) is 0. The molecule has 1 amide bonds. The monoisotopic (exact) mass is 260 g/mol. The van der Waals surface area contributed by atoms with Gasteiger partial charge < -0.3 is 15.0 Å². The van der Waals surface area contributed by atoms with Crippen molar-refractivity contribution in [3.63, 3.8) is 0 Å². The number of amides is 1. The third-order valence-corrected chi connectivity index (χ3v) is 3.27. The van der Waals surface area contributed by atoms with Crippen molar-refractivity contribution in [2.24, 2.45) is 0 Å². The zero-order chi connectivity index (χ0) is 13.9. The Kier molecular flexibility index (Phi) is 3.79. The van der Waals surface area contributed by atoms with Crippen LogP contribution < -0.4 is 5.32 Å². The first-order valence-corrected chi connectivity index (χ1v) is 6.52. The van der Waals surface area contributed by atoms with E-state index in [1.165, 1.54) is 10.9 Å². The van der Waals surface area contributed by atoms with E-state index >= 15 is 0 Å². The third kappa shape index (κ3) is 2.89. The standard InChI is InChI=1S/C15H20N2O2/c1-4-19-14(18)17-10-15(2,3)12-9-16-13-8-6-5-7-11(12)13/h5-9,16H,4,10H2,1-3H3,(H,17,18). The number of fused-ring (bicyclic) bond motifs is 1. The summed E-state index contributed by atoms with van der Waals surface area (Å²) >= 11 is 0. The highest BCUT2D eigenvalue weighted by atomic mass is 16.5. The SMILES string of the molecule is CCOC(=O)NCC(C)(C)c1c[nH]c2ccccc12.